The fourth-order valence-corrected chi connectivity index (χ4v) is 1.43. The van der Waals surface area contributed by atoms with Crippen molar-refractivity contribution in [3.05, 3.63) is 22.4 Å². The Morgan fingerprint density at radius 3 is 2.91 bits per heavy atom. The minimum atomic E-state index is -0.101. The SMILES string of the molecule is Cl.N#CC[C@H](N)c1ccsc1. The van der Waals surface area contributed by atoms with Gasteiger partial charge < -0.3 is 5.73 Å². The van der Waals surface area contributed by atoms with Crippen LogP contribution in [-0.2, 0) is 0 Å². The van der Waals surface area contributed by atoms with E-state index in [0.29, 0.717) is 6.42 Å². The summed E-state index contributed by atoms with van der Waals surface area (Å²) >= 11 is 1.60. The Hall–Kier alpha value is -0.560. The third kappa shape index (κ3) is 2.89. The summed E-state index contributed by atoms with van der Waals surface area (Å²) in [7, 11) is 0. The van der Waals surface area contributed by atoms with Gasteiger partial charge in [0.1, 0.15) is 0 Å². The van der Waals surface area contributed by atoms with E-state index >= 15 is 0 Å². The first kappa shape index (κ1) is 10.4. The molecule has 2 nitrogen and oxygen atoms in total. The van der Waals surface area contributed by atoms with Crippen LogP contribution in [-0.4, -0.2) is 0 Å². The topological polar surface area (TPSA) is 49.8 Å². The van der Waals surface area contributed by atoms with Crippen LogP contribution >= 0.6 is 23.7 Å². The highest BCUT2D eigenvalue weighted by atomic mass is 35.5. The van der Waals surface area contributed by atoms with Gasteiger partial charge in [0.15, 0.2) is 0 Å². The normalized spacial score (nSPS) is 11.3. The van der Waals surface area contributed by atoms with E-state index in [1.807, 2.05) is 22.9 Å². The molecular weight excluding hydrogens is 180 g/mol. The Kier molecular flexibility index (Phi) is 4.88. The van der Waals surface area contributed by atoms with Gasteiger partial charge in [0, 0.05) is 6.04 Å². The molecule has 1 atom stereocenters. The molecule has 0 radical (unpaired) electrons. The largest absolute Gasteiger partial charge is 0.323 e. The molecule has 60 valence electrons. The number of nitrogens with zero attached hydrogens (tertiary/aromatic N) is 1. The summed E-state index contributed by atoms with van der Waals surface area (Å²) in [5, 5.41) is 12.2. The number of hydrogen-bond acceptors (Lipinski definition) is 3. The summed E-state index contributed by atoms with van der Waals surface area (Å²) < 4.78 is 0. The third-order valence-electron chi connectivity index (χ3n) is 1.28. The number of rotatable bonds is 2. The Bertz CT molecular complexity index is 227. The van der Waals surface area contributed by atoms with Crippen LogP contribution in [0.25, 0.3) is 0 Å². The van der Waals surface area contributed by atoms with Gasteiger partial charge in [-0.3, -0.25) is 0 Å². The zero-order valence-electron chi connectivity index (χ0n) is 5.86. The number of halogens is 1. The molecule has 0 saturated carbocycles. The van der Waals surface area contributed by atoms with Crippen LogP contribution in [0.3, 0.4) is 0 Å². The van der Waals surface area contributed by atoms with E-state index in [9.17, 15) is 0 Å². The number of nitriles is 1. The molecule has 0 aliphatic rings. The summed E-state index contributed by atoms with van der Waals surface area (Å²) in [5.41, 5.74) is 6.70. The summed E-state index contributed by atoms with van der Waals surface area (Å²) in [6.45, 7) is 0. The predicted molar refractivity (Wildman–Crippen MR) is 48.7 cm³/mol. The van der Waals surface area contributed by atoms with E-state index in [1.165, 1.54) is 0 Å². The quantitative estimate of drug-likeness (QED) is 0.773. The van der Waals surface area contributed by atoms with Gasteiger partial charge >= 0.3 is 0 Å². The van der Waals surface area contributed by atoms with Crippen molar-refractivity contribution >= 4 is 23.7 Å². The first-order chi connectivity index (χ1) is 4.84. The van der Waals surface area contributed by atoms with Crippen LogP contribution in [0.1, 0.15) is 18.0 Å². The van der Waals surface area contributed by atoms with Crippen LogP contribution in [0.4, 0.5) is 0 Å². The Labute approximate surface area is 76.1 Å². The fraction of sp³-hybridized carbons (Fsp3) is 0.286. The maximum atomic E-state index is 8.31. The molecule has 0 unspecified atom stereocenters. The predicted octanol–water partition coefficient (Wildman–Crippen LogP) is 2.08. The van der Waals surface area contributed by atoms with Gasteiger partial charge in [-0.25, -0.2) is 0 Å². The molecule has 1 aromatic heterocycles. The van der Waals surface area contributed by atoms with Gasteiger partial charge in [-0.2, -0.15) is 16.6 Å². The van der Waals surface area contributed by atoms with Crippen LogP contribution < -0.4 is 5.73 Å². The first-order valence-electron chi connectivity index (χ1n) is 2.99. The van der Waals surface area contributed by atoms with Gasteiger partial charge in [0.25, 0.3) is 0 Å². The lowest BCUT2D eigenvalue weighted by molar-refractivity contribution is 0.752. The van der Waals surface area contributed by atoms with Crippen LogP contribution in [0.15, 0.2) is 16.8 Å². The molecule has 11 heavy (non-hydrogen) atoms. The van der Waals surface area contributed by atoms with Crippen LogP contribution in [0.2, 0.25) is 0 Å². The van der Waals surface area contributed by atoms with E-state index in [1.54, 1.807) is 11.3 Å². The molecule has 1 rings (SSSR count). The lowest BCUT2D eigenvalue weighted by Crippen LogP contribution is -2.07. The van der Waals surface area contributed by atoms with Gasteiger partial charge in [0.2, 0.25) is 0 Å². The smallest absolute Gasteiger partial charge is 0.0641 e. The van der Waals surface area contributed by atoms with Crippen molar-refractivity contribution in [2.45, 2.75) is 12.5 Å². The third-order valence-corrected chi connectivity index (χ3v) is 1.98. The zero-order chi connectivity index (χ0) is 7.40. The van der Waals surface area contributed by atoms with Crippen LogP contribution in [0, 0.1) is 11.3 Å². The maximum absolute atomic E-state index is 8.31. The Morgan fingerprint density at radius 1 is 1.73 bits per heavy atom. The maximum Gasteiger partial charge on any atom is 0.0641 e. The minimum Gasteiger partial charge on any atom is -0.323 e. The molecule has 0 aromatic carbocycles. The number of hydrogen-bond donors (Lipinski definition) is 1. The van der Waals surface area contributed by atoms with Crippen molar-refractivity contribution in [1.29, 1.82) is 5.26 Å². The lowest BCUT2D eigenvalue weighted by Gasteiger charge is -2.01. The van der Waals surface area contributed by atoms with E-state index in [4.69, 9.17) is 11.0 Å². The van der Waals surface area contributed by atoms with E-state index in [2.05, 4.69) is 0 Å². The van der Waals surface area contributed by atoms with Gasteiger partial charge in [0.05, 0.1) is 12.5 Å². The highest BCUT2D eigenvalue weighted by Crippen LogP contribution is 2.15. The standard InChI is InChI=1S/C7H8N2S.ClH/c8-3-1-7(9)6-2-4-10-5-6;/h2,4-5,7H,1,9H2;1H/t7-;/m0./s1. The molecule has 0 saturated heterocycles. The molecule has 0 aliphatic carbocycles. The summed E-state index contributed by atoms with van der Waals surface area (Å²) in [6.07, 6.45) is 0.400. The van der Waals surface area contributed by atoms with Gasteiger partial charge in [-0.15, -0.1) is 12.4 Å². The highest BCUT2D eigenvalue weighted by Gasteiger charge is 2.03. The van der Waals surface area contributed by atoms with Gasteiger partial charge in [-0.05, 0) is 22.4 Å². The summed E-state index contributed by atoms with van der Waals surface area (Å²) in [5.74, 6) is 0. The number of thiophene rings is 1. The second-order valence-corrected chi connectivity index (χ2v) is 2.81. The van der Waals surface area contributed by atoms with Crippen molar-refractivity contribution < 1.29 is 0 Å². The molecule has 2 N–H and O–H groups in total. The average molecular weight is 189 g/mol. The summed E-state index contributed by atoms with van der Waals surface area (Å²) in [4.78, 5) is 0. The molecule has 0 amide bonds. The Balaban J connectivity index is 0.000001000. The van der Waals surface area contributed by atoms with E-state index < -0.39 is 0 Å². The monoisotopic (exact) mass is 188 g/mol. The van der Waals surface area contributed by atoms with Crippen molar-refractivity contribution in [1.82, 2.24) is 0 Å². The minimum absolute atomic E-state index is 0. The second-order valence-electron chi connectivity index (χ2n) is 2.03. The molecule has 1 heterocycles. The van der Waals surface area contributed by atoms with Crippen molar-refractivity contribution in [2.75, 3.05) is 0 Å². The molecular formula is C7H9ClN2S. The molecule has 0 bridgehead atoms. The van der Waals surface area contributed by atoms with Crippen LogP contribution in [0.5, 0.6) is 0 Å². The molecule has 0 spiro atoms. The van der Waals surface area contributed by atoms with Crippen molar-refractivity contribution in [3.63, 3.8) is 0 Å². The molecule has 0 fully saturated rings. The molecule has 1 aromatic rings. The van der Waals surface area contributed by atoms with Crippen molar-refractivity contribution in [2.24, 2.45) is 5.73 Å². The van der Waals surface area contributed by atoms with Gasteiger partial charge in [-0.1, -0.05) is 0 Å². The zero-order valence-corrected chi connectivity index (χ0v) is 7.49. The second kappa shape index (κ2) is 5.14. The van der Waals surface area contributed by atoms with E-state index in [0.717, 1.165) is 5.56 Å². The average Bonchev–Trinajstić information content (AvgIpc) is 2.38. The molecule has 4 heteroatoms. The molecule has 0 aliphatic heterocycles. The van der Waals surface area contributed by atoms with Crippen molar-refractivity contribution in [3.8, 4) is 6.07 Å². The van der Waals surface area contributed by atoms with E-state index in [-0.39, 0.29) is 18.4 Å². The number of nitrogens with two attached hydrogens (primary N) is 1. The fourth-order valence-electron chi connectivity index (χ4n) is 0.702. The lowest BCUT2D eigenvalue weighted by atomic mass is 10.1. The Morgan fingerprint density at radius 2 is 2.45 bits per heavy atom. The summed E-state index contributed by atoms with van der Waals surface area (Å²) in [6, 6.07) is 3.89. The first-order valence-corrected chi connectivity index (χ1v) is 3.93. The highest BCUT2D eigenvalue weighted by molar-refractivity contribution is 7.07.